The minimum absolute atomic E-state index is 0.0108. The molecule has 0 radical (unpaired) electrons. The first-order valence-corrected chi connectivity index (χ1v) is 7.21. The molecule has 1 aromatic rings. The molecule has 1 amide bonds. The van der Waals surface area contributed by atoms with Gasteiger partial charge in [0.2, 0.25) is 5.91 Å². The third kappa shape index (κ3) is 4.26. The Balaban J connectivity index is 2.14. The maximum Gasteiger partial charge on any atom is 0.328 e. The second kappa shape index (κ2) is 7.68. The van der Waals surface area contributed by atoms with E-state index in [-0.39, 0.29) is 23.9 Å². The van der Waals surface area contributed by atoms with Gasteiger partial charge in [-0.25, -0.2) is 4.79 Å². The first kappa shape index (κ1) is 16.9. The van der Waals surface area contributed by atoms with Gasteiger partial charge in [-0.15, -0.1) is 0 Å². The molecule has 1 heterocycles. The van der Waals surface area contributed by atoms with Crippen LogP contribution in [0.4, 0.5) is 5.69 Å². The van der Waals surface area contributed by atoms with Crippen molar-refractivity contribution in [3.05, 3.63) is 39.9 Å². The van der Waals surface area contributed by atoms with Crippen LogP contribution in [0.1, 0.15) is 12.0 Å². The van der Waals surface area contributed by atoms with Crippen LogP contribution in [-0.4, -0.2) is 43.2 Å². The fourth-order valence-electron chi connectivity index (χ4n) is 2.45. The highest BCUT2D eigenvalue weighted by Gasteiger charge is 2.30. The van der Waals surface area contributed by atoms with Crippen molar-refractivity contribution >= 4 is 17.6 Å². The molecule has 2 rings (SSSR count). The second-order valence-corrected chi connectivity index (χ2v) is 5.23. The van der Waals surface area contributed by atoms with Gasteiger partial charge < -0.3 is 14.8 Å². The van der Waals surface area contributed by atoms with Crippen molar-refractivity contribution in [2.45, 2.75) is 18.9 Å². The SMILES string of the molecule is COC(=O)[C@H](Cc1ccccc1[N+](=O)[O-])NC(=O)[C@@H]1CCOC1. The van der Waals surface area contributed by atoms with Gasteiger partial charge in [-0.1, -0.05) is 18.2 Å². The Hall–Kier alpha value is -2.48. The summed E-state index contributed by atoms with van der Waals surface area (Å²) in [6, 6.07) is 5.12. The number of amides is 1. The summed E-state index contributed by atoms with van der Waals surface area (Å²) in [5.41, 5.74) is 0.260. The van der Waals surface area contributed by atoms with E-state index in [4.69, 9.17) is 9.47 Å². The van der Waals surface area contributed by atoms with Gasteiger partial charge in [-0.3, -0.25) is 14.9 Å². The number of nitrogens with one attached hydrogen (secondary N) is 1. The highest BCUT2D eigenvalue weighted by atomic mass is 16.6. The molecule has 2 atom stereocenters. The lowest BCUT2D eigenvalue weighted by Gasteiger charge is -2.18. The molecule has 0 bridgehead atoms. The van der Waals surface area contributed by atoms with Crippen LogP contribution in [0.3, 0.4) is 0 Å². The number of rotatable bonds is 6. The molecule has 1 N–H and O–H groups in total. The number of benzene rings is 1. The minimum Gasteiger partial charge on any atom is -0.467 e. The predicted octanol–water partition coefficient (Wildman–Crippen LogP) is 0.832. The molecule has 8 heteroatoms. The van der Waals surface area contributed by atoms with Crippen LogP contribution in [0.5, 0.6) is 0 Å². The summed E-state index contributed by atoms with van der Waals surface area (Å²) < 4.78 is 9.84. The maximum atomic E-state index is 12.2. The number of esters is 1. The van der Waals surface area contributed by atoms with E-state index in [1.165, 1.54) is 13.2 Å². The van der Waals surface area contributed by atoms with E-state index in [0.29, 0.717) is 25.2 Å². The summed E-state index contributed by atoms with van der Waals surface area (Å²) in [6.45, 7) is 0.816. The lowest BCUT2D eigenvalue weighted by molar-refractivity contribution is -0.385. The zero-order valence-corrected chi connectivity index (χ0v) is 12.7. The average molecular weight is 322 g/mol. The predicted molar refractivity (Wildman–Crippen MR) is 79.7 cm³/mol. The first-order chi connectivity index (χ1) is 11.0. The van der Waals surface area contributed by atoms with Gasteiger partial charge >= 0.3 is 5.97 Å². The lowest BCUT2D eigenvalue weighted by atomic mass is 10.0. The Labute approximate surface area is 132 Å². The maximum absolute atomic E-state index is 12.2. The average Bonchev–Trinajstić information content (AvgIpc) is 3.08. The van der Waals surface area contributed by atoms with E-state index in [2.05, 4.69) is 5.32 Å². The van der Waals surface area contributed by atoms with Crippen molar-refractivity contribution in [1.82, 2.24) is 5.32 Å². The summed E-state index contributed by atoms with van der Waals surface area (Å²) in [4.78, 5) is 34.6. The molecule has 1 aromatic carbocycles. The fourth-order valence-corrected chi connectivity index (χ4v) is 2.45. The minimum atomic E-state index is -0.978. The molecule has 124 valence electrons. The lowest BCUT2D eigenvalue weighted by Crippen LogP contribution is -2.45. The van der Waals surface area contributed by atoms with Gasteiger partial charge in [-0.05, 0) is 6.42 Å². The van der Waals surface area contributed by atoms with Crippen LogP contribution >= 0.6 is 0 Å². The van der Waals surface area contributed by atoms with E-state index in [9.17, 15) is 19.7 Å². The van der Waals surface area contributed by atoms with Crippen LogP contribution < -0.4 is 5.32 Å². The number of hydrogen-bond acceptors (Lipinski definition) is 6. The van der Waals surface area contributed by atoms with E-state index in [0.717, 1.165) is 0 Å². The van der Waals surface area contributed by atoms with Crippen LogP contribution in [0.15, 0.2) is 24.3 Å². The number of nitro benzene ring substituents is 1. The first-order valence-electron chi connectivity index (χ1n) is 7.21. The van der Waals surface area contributed by atoms with Crippen molar-refractivity contribution in [2.75, 3.05) is 20.3 Å². The third-order valence-electron chi connectivity index (χ3n) is 3.72. The quantitative estimate of drug-likeness (QED) is 0.472. The van der Waals surface area contributed by atoms with Gasteiger partial charge in [-0.2, -0.15) is 0 Å². The molecule has 1 saturated heterocycles. The number of methoxy groups -OCH3 is 1. The summed E-state index contributed by atoms with van der Waals surface area (Å²) in [5, 5.41) is 13.7. The van der Waals surface area contributed by atoms with Gasteiger partial charge in [0.1, 0.15) is 6.04 Å². The van der Waals surface area contributed by atoms with Crippen molar-refractivity contribution in [3.63, 3.8) is 0 Å². The van der Waals surface area contributed by atoms with Gasteiger partial charge in [0.05, 0.1) is 24.6 Å². The van der Waals surface area contributed by atoms with Crippen LogP contribution in [0.25, 0.3) is 0 Å². The molecule has 0 aliphatic carbocycles. The smallest absolute Gasteiger partial charge is 0.328 e. The zero-order chi connectivity index (χ0) is 16.8. The highest BCUT2D eigenvalue weighted by molar-refractivity contribution is 5.86. The van der Waals surface area contributed by atoms with Crippen molar-refractivity contribution in [3.8, 4) is 0 Å². The van der Waals surface area contributed by atoms with Crippen LogP contribution in [0.2, 0.25) is 0 Å². The summed E-state index contributed by atoms with van der Waals surface area (Å²) >= 11 is 0. The normalized spacial score (nSPS) is 18.2. The zero-order valence-electron chi connectivity index (χ0n) is 12.7. The summed E-state index contributed by atoms with van der Waals surface area (Å²) in [6.07, 6.45) is 0.578. The van der Waals surface area contributed by atoms with E-state index < -0.39 is 16.9 Å². The Morgan fingerprint density at radius 3 is 2.83 bits per heavy atom. The van der Waals surface area contributed by atoms with Gasteiger partial charge in [0.25, 0.3) is 5.69 Å². The summed E-state index contributed by atoms with van der Waals surface area (Å²) in [5.74, 6) is -1.26. The van der Waals surface area contributed by atoms with E-state index >= 15 is 0 Å². The summed E-state index contributed by atoms with van der Waals surface area (Å²) in [7, 11) is 1.21. The molecular weight excluding hydrogens is 304 g/mol. The molecule has 8 nitrogen and oxygen atoms in total. The van der Waals surface area contributed by atoms with Gasteiger partial charge in [0.15, 0.2) is 0 Å². The molecule has 0 saturated carbocycles. The monoisotopic (exact) mass is 322 g/mol. The van der Waals surface area contributed by atoms with Gasteiger partial charge in [0, 0.05) is 24.7 Å². The molecular formula is C15H18N2O6. The second-order valence-electron chi connectivity index (χ2n) is 5.23. The Morgan fingerprint density at radius 1 is 1.48 bits per heavy atom. The number of ether oxygens (including phenoxy) is 2. The van der Waals surface area contributed by atoms with Crippen LogP contribution in [0, 0.1) is 16.0 Å². The molecule has 23 heavy (non-hydrogen) atoms. The topological polar surface area (TPSA) is 108 Å². The van der Waals surface area contributed by atoms with E-state index in [1.807, 2.05) is 0 Å². The third-order valence-corrected chi connectivity index (χ3v) is 3.72. The van der Waals surface area contributed by atoms with Crippen molar-refractivity contribution in [1.29, 1.82) is 0 Å². The number of para-hydroxylation sites is 1. The molecule has 0 unspecified atom stereocenters. The number of nitro groups is 1. The molecule has 0 spiro atoms. The number of carbonyl (C=O) groups excluding carboxylic acids is 2. The fraction of sp³-hybridized carbons (Fsp3) is 0.467. The largest absolute Gasteiger partial charge is 0.467 e. The standard InChI is InChI=1S/C15H18N2O6/c1-22-15(19)12(16-14(18)11-6-7-23-9-11)8-10-4-2-3-5-13(10)17(20)21/h2-5,11-12H,6-9H2,1H3,(H,16,18)/t11-,12+/m1/s1. The number of carbonyl (C=O) groups is 2. The Kier molecular flexibility index (Phi) is 5.64. The number of nitrogens with zero attached hydrogens (tertiary/aromatic N) is 1. The highest BCUT2D eigenvalue weighted by Crippen LogP contribution is 2.20. The van der Waals surface area contributed by atoms with Crippen molar-refractivity contribution in [2.24, 2.45) is 5.92 Å². The van der Waals surface area contributed by atoms with Crippen molar-refractivity contribution < 1.29 is 24.0 Å². The molecule has 1 aliphatic rings. The Bertz CT molecular complexity index is 597. The molecule has 0 aromatic heterocycles. The molecule has 1 fully saturated rings. The van der Waals surface area contributed by atoms with E-state index in [1.54, 1.807) is 18.2 Å². The molecule has 1 aliphatic heterocycles. The Morgan fingerprint density at radius 2 is 2.22 bits per heavy atom. The number of hydrogen-bond donors (Lipinski definition) is 1. The van der Waals surface area contributed by atoms with Crippen LogP contribution in [-0.2, 0) is 25.5 Å².